The predicted molar refractivity (Wildman–Crippen MR) is 44.3 cm³/mol. The Morgan fingerprint density at radius 1 is 1.20 bits per heavy atom. The van der Waals surface area contributed by atoms with Crippen LogP contribution in [-0.2, 0) is 0 Å². The zero-order valence-corrected chi connectivity index (χ0v) is 6.06. The minimum Gasteiger partial charge on any atom is -0.301 e. The highest BCUT2D eigenvalue weighted by molar-refractivity contribution is 8.22. The summed E-state index contributed by atoms with van der Waals surface area (Å²) in [6.07, 6.45) is 0. The molecule has 0 bridgehead atoms. The molecule has 0 saturated carbocycles. The third-order valence-corrected chi connectivity index (χ3v) is 1.66. The summed E-state index contributed by atoms with van der Waals surface area (Å²) in [6, 6.07) is 9.90. The molecule has 0 unspecified atom stereocenters. The average Bonchev–Trinajstić information content (AvgIpc) is 2.74. The van der Waals surface area contributed by atoms with Crippen LogP contribution in [0.4, 0.5) is 5.69 Å². The van der Waals surface area contributed by atoms with Crippen molar-refractivity contribution in [2.75, 3.05) is 0 Å². The first-order chi connectivity index (χ1) is 4.95. The van der Waals surface area contributed by atoms with E-state index in [1.54, 1.807) is 11.9 Å². The fraction of sp³-hybridized carbons (Fsp3) is 0. The number of para-hydroxylation sites is 1. The van der Waals surface area contributed by atoms with Gasteiger partial charge in [-0.05, 0) is 12.1 Å². The molecule has 0 aromatic heterocycles. The average molecular weight is 150 g/mol. The fourth-order valence-electron chi connectivity index (χ4n) is 0.688. The molecule has 2 rings (SSSR count). The van der Waals surface area contributed by atoms with Gasteiger partial charge in [0.05, 0.1) is 5.69 Å². The number of aliphatic imine (C=N–C) groups is 1. The Morgan fingerprint density at radius 2 is 1.90 bits per heavy atom. The largest absolute Gasteiger partial charge is 0.301 e. The molecule has 3 heteroatoms. The molecule has 2 nitrogen and oxygen atoms in total. The minimum absolute atomic E-state index is 1.01. The molecule has 1 saturated heterocycles. The third-order valence-electron chi connectivity index (χ3n) is 1.18. The Kier molecular flexibility index (Phi) is 1.36. The molecule has 0 amide bonds. The number of nitrogens with one attached hydrogen (secondary N) is 1. The number of nitrogens with zero attached hydrogens (tertiary/aromatic N) is 1. The summed E-state index contributed by atoms with van der Waals surface area (Å²) in [5.41, 5.74) is 1.01. The Bertz CT molecular complexity index is 250. The first-order valence-electron chi connectivity index (χ1n) is 3.02. The van der Waals surface area contributed by atoms with E-state index in [0.717, 1.165) is 10.9 Å². The van der Waals surface area contributed by atoms with E-state index in [-0.39, 0.29) is 0 Å². The maximum absolute atomic E-state index is 4.24. The maximum Gasteiger partial charge on any atom is 0.193 e. The van der Waals surface area contributed by atoms with Crippen molar-refractivity contribution in [1.82, 2.24) is 4.72 Å². The standard InChI is InChI=1S/C7H6N2S/c1-2-4-6(5-3-1)8-7-9-10-7/h1-5H,(H,8,9). The van der Waals surface area contributed by atoms with Gasteiger partial charge in [0, 0.05) is 11.9 Å². The van der Waals surface area contributed by atoms with Crippen molar-refractivity contribution in [3.8, 4) is 0 Å². The highest BCUT2D eigenvalue weighted by Crippen LogP contribution is 2.19. The molecule has 1 heterocycles. The molecule has 1 N–H and O–H groups in total. The fourth-order valence-corrected chi connectivity index (χ4v) is 0.931. The lowest BCUT2D eigenvalue weighted by Gasteiger charge is -1.86. The molecular formula is C7H6N2S. The van der Waals surface area contributed by atoms with Crippen LogP contribution in [0.15, 0.2) is 35.3 Å². The molecule has 0 aliphatic carbocycles. The van der Waals surface area contributed by atoms with Gasteiger partial charge in [-0.25, -0.2) is 4.99 Å². The van der Waals surface area contributed by atoms with E-state index in [4.69, 9.17) is 0 Å². The van der Waals surface area contributed by atoms with E-state index in [9.17, 15) is 0 Å². The van der Waals surface area contributed by atoms with Crippen molar-refractivity contribution in [2.45, 2.75) is 0 Å². The highest BCUT2D eigenvalue weighted by Gasteiger charge is 2.12. The van der Waals surface area contributed by atoms with Crippen LogP contribution in [0.2, 0.25) is 0 Å². The number of amidine groups is 1. The highest BCUT2D eigenvalue weighted by atomic mass is 32.2. The number of hydrogen-bond acceptors (Lipinski definition) is 2. The quantitative estimate of drug-likeness (QED) is 0.490. The van der Waals surface area contributed by atoms with Gasteiger partial charge in [0.25, 0.3) is 0 Å². The molecule has 0 atom stereocenters. The SMILES string of the molecule is c1ccc(N=C2NS2)cc1. The Labute approximate surface area is 63.5 Å². The van der Waals surface area contributed by atoms with Gasteiger partial charge in [-0.1, -0.05) is 18.2 Å². The second-order valence-electron chi connectivity index (χ2n) is 1.96. The Morgan fingerprint density at radius 3 is 2.50 bits per heavy atom. The molecule has 0 spiro atoms. The van der Waals surface area contributed by atoms with Crippen molar-refractivity contribution in [3.63, 3.8) is 0 Å². The first-order valence-corrected chi connectivity index (χ1v) is 3.83. The molecular weight excluding hydrogens is 144 g/mol. The van der Waals surface area contributed by atoms with E-state index in [2.05, 4.69) is 9.71 Å². The van der Waals surface area contributed by atoms with Crippen molar-refractivity contribution in [3.05, 3.63) is 30.3 Å². The maximum atomic E-state index is 4.24. The van der Waals surface area contributed by atoms with Gasteiger partial charge in [-0.2, -0.15) is 0 Å². The molecule has 10 heavy (non-hydrogen) atoms. The smallest absolute Gasteiger partial charge is 0.193 e. The molecule has 1 aliphatic heterocycles. The van der Waals surface area contributed by atoms with Crippen LogP contribution in [0.3, 0.4) is 0 Å². The summed E-state index contributed by atoms with van der Waals surface area (Å²) < 4.78 is 2.95. The van der Waals surface area contributed by atoms with Crippen LogP contribution >= 0.6 is 11.9 Å². The Balaban J connectivity index is 2.26. The van der Waals surface area contributed by atoms with E-state index in [1.807, 2.05) is 30.3 Å². The summed E-state index contributed by atoms with van der Waals surface area (Å²) in [5.74, 6) is 0. The molecule has 1 aromatic rings. The molecule has 0 radical (unpaired) electrons. The van der Waals surface area contributed by atoms with E-state index in [0.29, 0.717) is 0 Å². The van der Waals surface area contributed by atoms with Crippen LogP contribution < -0.4 is 4.72 Å². The summed E-state index contributed by atoms with van der Waals surface area (Å²) in [5, 5.41) is 1.01. The predicted octanol–water partition coefficient (Wildman–Crippen LogP) is 1.93. The van der Waals surface area contributed by atoms with Crippen molar-refractivity contribution < 1.29 is 0 Å². The topological polar surface area (TPSA) is 34.3 Å². The van der Waals surface area contributed by atoms with Gasteiger partial charge >= 0.3 is 0 Å². The van der Waals surface area contributed by atoms with Gasteiger partial charge < -0.3 is 4.72 Å². The van der Waals surface area contributed by atoms with Crippen LogP contribution in [0.1, 0.15) is 0 Å². The zero-order chi connectivity index (χ0) is 6.81. The first kappa shape index (κ1) is 5.80. The van der Waals surface area contributed by atoms with Crippen LogP contribution in [0.25, 0.3) is 0 Å². The lowest BCUT2D eigenvalue weighted by atomic mass is 10.3. The van der Waals surface area contributed by atoms with Crippen molar-refractivity contribution in [1.29, 1.82) is 0 Å². The van der Waals surface area contributed by atoms with Crippen molar-refractivity contribution in [2.24, 2.45) is 4.99 Å². The minimum atomic E-state index is 1.01. The summed E-state index contributed by atoms with van der Waals surface area (Å²) in [4.78, 5) is 4.24. The van der Waals surface area contributed by atoms with Crippen LogP contribution in [-0.4, -0.2) is 5.17 Å². The molecule has 1 aliphatic rings. The summed E-state index contributed by atoms with van der Waals surface area (Å²) in [7, 11) is 0. The van der Waals surface area contributed by atoms with Crippen molar-refractivity contribution >= 4 is 22.8 Å². The van der Waals surface area contributed by atoms with E-state index >= 15 is 0 Å². The third kappa shape index (κ3) is 1.30. The monoisotopic (exact) mass is 150 g/mol. The summed E-state index contributed by atoms with van der Waals surface area (Å²) >= 11 is 1.56. The lowest BCUT2D eigenvalue weighted by molar-refractivity contribution is 1.51. The zero-order valence-electron chi connectivity index (χ0n) is 5.24. The molecule has 1 aromatic carbocycles. The number of rotatable bonds is 1. The van der Waals surface area contributed by atoms with Crippen LogP contribution in [0, 0.1) is 0 Å². The number of hydrogen-bond donors (Lipinski definition) is 1. The van der Waals surface area contributed by atoms with E-state index < -0.39 is 0 Å². The molecule has 1 fully saturated rings. The summed E-state index contributed by atoms with van der Waals surface area (Å²) in [6.45, 7) is 0. The van der Waals surface area contributed by atoms with Gasteiger partial charge in [-0.3, -0.25) is 0 Å². The van der Waals surface area contributed by atoms with Crippen LogP contribution in [0.5, 0.6) is 0 Å². The lowest BCUT2D eigenvalue weighted by Crippen LogP contribution is -1.73. The second kappa shape index (κ2) is 2.34. The molecule has 50 valence electrons. The van der Waals surface area contributed by atoms with Gasteiger partial charge in [0.15, 0.2) is 5.17 Å². The van der Waals surface area contributed by atoms with Gasteiger partial charge in [0.1, 0.15) is 0 Å². The normalized spacial score (nSPS) is 18.6. The second-order valence-corrected chi connectivity index (χ2v) is 2.75. The van der Waals surface area contributed by atoms with E-state index in [1.165, 1.54) is 0 Å². The van der Waals surface area contributed by atoms with Gasteiger partial charge in [-0.15, -0.1) is 0 Å². The van der Waals surface area contributed by atoms with Gasteiger partial charge in [0.2, 0.25) is 0 Å². The number of benzene rings is 1. The Hall–Kier alpha value is -0.960.